The van der Waals surface area contributed by atoms with Crippen LogP contribution >= 0.6 is 23.8 Å². The Balaban J connectivity index is 1.45. The zero-order valence-corrected chi connectivity index (χ0v) is 19.4. The maximum Gasteiger partial charge on any atom is 0.436 e. The van der Waals surface area contributed by atoms with Crippen LogP contribution in [0.5, 0.6) is 0 Å². The van der Waals surface area contributed by atoms with Crippen molar-refractivity contribution in [2.24, 2.45) is 0 Å². The molecule has 3 rings (SSSR count). The monoisotopic (exact) mass is 488 g/mol. The molecular formula is C19H24ClF3N8S. The highest BCUT2D eigenvalue weighted by Crippen LogP contribution is 2.35. The van der Waals surface area contributed by atoms with Crippen molar-refractivity contribution in [1.29, 1.82) is 0 Å². The minimum Gasteiger partial charge on any atom is -0.362 e. The van der Waals surface area contributed by atoms with Crippen LogP contribution < -0.4 is 10.6 Å². The van der Waals surface area contributed by atoms with Crippen LogP contribution in [0.3, 0.4) is 0 Å². The molecule has 0 atom stereocenters. The van der Waals surface area contributed by atoms with Crippen molar-refractivity contribution in [2.75, 3.05) is 11.9 Å². The van der Waals surface area contributed by atoms with Crippen molar-refractivity contribution >= 4 is 34.6 Å². The Morgan fingerprint density at radius 3 is 2.53 bits per heavy atom. The molecule has 0 saturated carbocycles. The van der Waals surface area contributed by atoms with Crippen LogP contribution in [0.4, 0.5) is 18.9 Å². The van der Waals surface area contributed by atoms with Gasteiger partial charge in [0.15, 0.2) is 10.8 Å². The number of alkyl halides is 3. The molecule has 0 aliphatic rings. The molecule has 0 aliphatic carbocycles. The van der Waals surface area contributed by atoms with Crippen molar-refractivity contribution in [2.45, 2.75) is 53.0 Å². The number of rotatable bonds is 8. The minimum atomic E-state index is -4.57. The lowest BCUT2D eigenvalue weighted by atomic mass is 10.2. The molecule has 32 heavy (non-hydrogen) atoms. The summed E-state index contributed by atoms with van der Waals surface area (Å²) in [6.07, 6.45) is 1.28. The number of nitrogens with one attached hydrogen (secondary N) is 2. The van der Waals surface area contributed by atoms with Crippen LogP contribution in [0.15, 0.2) is 18.6 Å². The summed E-state index contributed by atoms with van der Waals surface area (Å²) in [5.41, 5.74) is 2.14. The van der Waals surface area contributed by atoms with Crippen LogP contribution in [0.25, 0.3) is 0 Å². The smallest absolute Gasteiger partial charge is 0.362 e. The number of aryl methyl sites for hydroxylation is 2. The molecule has 0 amide bonds. The van der Waals surface area contributed by atoms with Gasteiger partial charge >= 0.3 is 6.18 Å². The summed E-state index contributed by atoms with van der Waals surface area (Å²) in [5, 5.41) is 18.3. The molecule has 0 aromatic carbocycles. The number of hydrogen-bond donors (Lipinski definition) is 2. The molecule has 0 saturated heterocycles. The Labute approximate surface area is 193 Å². The first kappa shape index (κ1) is 24.1. The minimum absolute atomic E-state index is 0.278. The van der Waals surface area contributed by atoms with Crippen LogP contribution in [0.2, 0.25) is 5.02 Å². The van der Waals surface area contributed by atoms with Gasteiger partial charge in [0.05, 0.1) is 35.3 Å². The van der Waals surface area contributed by atoms with Crippen LogP contribution in [-0.2, 0) is 25.8 Å². The number of aromatic nitrogens is 6. The Hall–Kier alpha value is -2.60. The van der Waals surface area contributed by atoms with Gasteiger partial charge in [-0.15, -0.1) is 0 Å². The highest BCUT2D eigenvalue weighted by molar-refractivity contribution is 7.80. The highest BCUT2D eigenvalue weighted by Gasteiger charge is 2.38. The van der Waals surface area contributed by atoms with E-state index in [9.17, 15) is 13.2 Å². The predicted octanol–water partition coefficient (Wildman–Crippen LogP) is 4.01. The van der Waals surface area contributed by atoms with Gasteiger partial charge in [-0.05, 0) is 39.4 Å². The number of thiocarbonyl (C=S) groups is 1. The normalized spacial score (nSPS) is 11.7. The summed E-state index contributed by atoms with van der Waals surface area (Å²) < 4.78 is 43.7. The van der Waals surface area contributed by atoms with E-state index in [-0.39, 0.29) is 17.3 Å². The Morgan fingerprint density at radius 2 is 1.91 bits per heavy atom. The zero-order valence-electron chi connectivity index (χ0n) is 17.9. The fraction of sp³-hybridized carbons (Fsp3) is 0.474. The van der Waals surface area contributed by atoms with Crippen molar-refractivity contribution in [3.05, 3.63) is 46.3 Å². The summed E-state index contributed by atoms with van der Waals surface area (Å²) >= 11 is 11.0. The third-order valence-corrected chi connectivity index (χ3v) is 5.66. The van der Waals surface area contributed by atoms with E-state index in [1.54, 1.807) is 10.9 Å². The van der Waals surface area contributed by atoms with Gasteiger partial charge in [-0.3, -0.25) is 14.0 Å². The number of halogens is 4. The second kappa shape index (κ2) is 9.90. The standard InChI is InChI=1S/C19H24ClF3N8S/c1-4-30-12(2)14(8-26-30)10-29-11-15(9-25-29)27-18(32)24-6-5-7-31-13(3)16(20)17(28-31)19(21,22)23/h8-9,11H,4-7,10H2,1-3H3,(H2,24,27,32). The summed E-state index contributed by atoms with van der Waals surface area (Å²) in [6.45, 7) is 7.72. The summed E-state index contributed by atoms with van der Waals surface area (Å²) in [4.78, 5) is 0. The van der Waals surface area contributed by atoms with E-state index < -0.39 is 11.9 Å². The lowest BCUT2D eigenvalue weighted by Gasteiger charge is -2.09. The van der Waals surface area contributed by atoms with E-state index in [0.29, 0.717) is 24.6 Å². The Morgan fingerprint density at radius 1 is 1.16 bits per heavy atom. The maximum atomic E-state index is 12.9. The molecule has 0 radical (unpaired) electrons. The molecule has 0 fully saturated rings. The van der Waals surface area contributed by atoms with Gasteiger partial charge in [0.25, 0.3) is 0 Å². The van der Waals surface area contributed by atoms with Gasteiger partial charge in [0.2, 0.25) is 0 Å². The van der Waals surface area contributed by atoms with Gasteiger partial charge in [0, 0.05) is 37.1 Å². The van der Waals surface area contributed by atoms with Gasteiger partial charge in [-0.25, -0.2) is 0 Å². The number of anilines is 1. The molecule has 3 aromatic heterocycles. The third kappa shape index (κ3) is 5.60. The molecule has 3 heterocycles. The van der Waals surface area contributed by atoms with Gasteiger partial charge in [-0.2, -0.15) is 28.5 Å². The summed E-state index contributed by atoms with van der Waals surface area (Å²) in [5.74, 6) is 0. The average molecular weight is 489 g/mol. The van der Waals surface area contributed by atoms with Gasteiger partial charge in [-0.1, -0.05) is 11.6 Å². The van der Waals surface area contributed by atoms with Crippen LogP contribution in [0, 0.1) is 13.8 Å². The SMILES string of the molecule is CCn1ncc(Cn2cc(NC(=S)NCCCn3nc(C(F)(F)F)c(Cl)c3C)cn2)c1C. The fourth-order valence-electron chi connectivity index (χ4n) is 3.18. The predicted molar refractivity (Wildman–Crippen MR) is 120 cm³/mol. The molecule has 0 spiro atoms. The highest BCUT2D eigenvalue weighted by atomic mass is 35.5. The number of hydrogen-bond acceptors (Lipinski definition) is 4. The summed E-state index contributed by atoms with van der Waals surface area (Å²) in [6, 6.07) is 0. The lowest BCUT2D eigenvalue weighted by molar-refractivity contribution is -0.141. The molecule has 2 N–H and O–H groups in total. The first-order chi connectivity index (χ1) is 15.1. The Bertz CT molecular complexity index is 1090. The quantitative estimate of drug-likeness (QED) is 0.368. The molecule has 174 valence electrons. The van der Waals surface area contributed by atoms with Crippen molar-refractivity contribution < 1.29 is 13.2 Å². The van der Waals surface area contributed by atoms with Crippen LogP contribution in [-0.4, -0.2) is 41.0 Å². The molecule has 8 nitrogen and oxygen atoms in total. The average Bonchev–Trinajstić information content (AvgIpc) is 3.39. The second-order valence-electron chi connectivity index (χ2n) is 7.20. The van der Waals surface area contributed by atoms with E-state index >= 15 is 0 Å². The van der Waals surface area contributed by atoms with Crippen molar-refractivity contribution in [3.8, 4) is 0 Å². The molecule has 13 heteroatoms. The van der Waals surface area contributed by atoms with Crippen LogP contribution in [0.1, 0.15) is 36.0 Å². The van der Waals surface area contributed by atoms with Gasteiger partial charge in [0.1, 0.15) is 0 Å². The molecular weight excluding hydrogens is 465 g/mol. The first-order valence-electron chi connectivity index (χ1n) is 9.98. The van der Waals surface area contributed by atoms with E-state index in [4.69, 9.17) is 23.8 Å². The lowest BCUT2D eigenvalue weighted by Crippen LogP contribution is -2.29. The summed E-state index contributed by atoms with van der Waals surface area (Å²) in [7, 11) is 0. The molecule has 0 bridgehead atoms. The van der Waals surface area contributed by atoms with Crippen molar-refractivity contribution in [1.82, 2.24) is 34.7 Å². The van der Waals surface area contributed by atoms with E-state index in [2.05, 4.69) is 25.9 Å². The third-order valence-electron chi connectivity index (χ3n) is 4.96. The fourth-order valence-corrected chi connectivity index (χ4v) is 3.64. The number of nitrogens with zero attached hydrogens (tertiary/aromatic N) is 6. The largest absolute Gasteiger partial charge is 0.436 e. The first-order valence-corrected chi connectivity index (χ1v) is 10.8. The van der Waals surface area contributed by atoms with E-state index in [0.717, 1.165) is 23.5 Å². The second-order valence-corrected chi connectivity index (χ2v) is 7.99. The topological polar surface area (TPSA) is 77.5 Å². The zero-order chi connectivity index (χ0) is 23.5. The molecule has 0 aliphatic heterocycles. The maximum absolute atomic E-state index is 12.9. The molecule has 3 aromatic rings. The van der Waals surface area contributed by atoms with E-state index in [1.165, 1.54) is 11.6 Å². The van der Waals surface area contributed by atoms with Gasteiger partial charge < -0.3 is 10.6 Å². The molecule has 0 unspecified atom stereocenters. The Kier molecular flexibility index (Phi) is 7.44. The van der Waals surface area contributed by atoms with Crippen molar-refractivity contribution in [3.63, 3.8) is 0 Å². The van der Waals surface area contributed by atoms with E-state index in [1.807, 2.05) is 30.9 Å².